The average molecular weight is 496 g/mol. The zero-order chi connectivity index (χ0) is 21.6. The van der Waals surface area contributed by atoms with Crippen molar-refractivity contribution in [3.63, 3.8) is 0 Å². The quantitative estimate of drug-likeness (QED) is 0.497. The van der Waals surface area contributed by atoms with E-state index in [-0.39, 0.29) is 21.8 Å². The van der Waals surface area contributed by atoms with Crippen LogP contribution in [0.4, 0.5) is 18.9 Å². The lowest BCUT2D eigenvalue weighted by molar-refractivity contribution is 0.0959. The summed E-state index contributed by atoms with van der Waals surface area (Å²) in [5.41, 5.74) is 0.881. The Morgan fingerprint density at radius 3 is 2.40 bits per heavy atom. The van der Waals surface area contributed by atoms with Crippen LogP contribution in [0.1, 0.15) is 37.9 Å². The Morgan fingerprint density at radius 2 is 1.70 bits per heavy atom. The highest BCUT2D eigenvalue weighted by molar-refractivity contribution is 9.10. The Balaban J connectivity index is 1.81. The van der Waals surface area contributed by atoms with Crippen molar-refractivity contribution < 1.29 is 22.8 Å². The second-order valence-corrected chi connectivity index (χ2v) is 7.92. The fourth-order valence-electron chi connectivity index (χ4n) is 3.35. The highest BCUT2D eigenvalue weighted by atomic mass is 79.9. The van der Waals surface area contributed by atoms with Gasteiger partial charge in [0.1, 0.15) is 17.5 Å². The number of benzene rings is 3. The molecule has 2 N–H and O–H groups in total. The average Bonchev–Trinajstić information content (AvgIpc) is 2.99. The van der Waals surface area contributed by atoms with Gasteiger partial charge in [0.15, 0.2) is 0 Å². The summed E-state index contributed by atoms with van der Waals surface area (Å²) in [6, 6.07) is 8.43. The van der Waals surface area contributed by atoms with Gasteiger partial charge in [0, 0.05) is 43.5 Å². The highest BCUT2D eigenvalue weighted by Crippen LogP contribution is 2.41. The Morgan fingerprint density at radius 1 is 1.00 bits per heavy atom. The summed E-state index contributed by atoms with van der Waals surface area (Å²) in [6.45, 7) is 0. The van der Waals surface area contributed by atoms with Crippen molar-refractivity contribution in [3.05, 3.63) is 97.7 Å². The molecule has 1 heterocycles. The molecule has 0 spiro atoms. The summed E-state index contributed by atoms with van der Waals surface area (Å²) < 4.78 is 41.3. The minimum Gasteiger partial charge on any atom is -0.341 e. The molecule has 1 atom stereocenters. The third kappa shape index (κ3) is 3.80. The Kier molecular flexibility index (Phi) is 5.29. The zero-order valence-corrected chi connectivity index (χ0v) is 17.2. The van der Waals surface area contributed by atoms with E-state index in [1.165, 1.54) is 24.3 Å². The van der Waals surface area contributed by atoms with E-state index in [4.69, 9.17) is 11.6 Å². The Labute approximate surface area is 182 Å². The summed E-state index contributed by atoms with van der Waals surface area (Å²) in [7, 11) is 0. The molecule has 0 bridgehead atoms. The molecule has 30 heavy (non-hydrogen) atoms. The molecular weight excluding hydrogens is 485 g/mol. The van der Waals surface area contributed by atoms with Crippen LogP contribution in [0.5, 0.6) is 0 Å². The molecule has 0 saturated carbocycles. The predicted octanol–water partition coefficient (Wildman–Crippen LogP) is 5.60. The maximum Gasteiger partial charge on any atom is 0.255 e. The van der Waals surface area contributed by atoms with Gasteiger partial charge >= 0.3 is 0 Å². The van der Waals surface area contributed by atoms with E-state index in [9.17, 15) is 22.8 Å². The maximum absolute atomic E-state index is 13.8. The van der Waals surface area contributed by atoms with Crippen molar-refractivity contribution >= 4 is 45.0 Å². The lowest BCUT2D eigenvalue weighted by Gasteiger charge is -2.18. The number of nitrogens with one attached hydrogen (secondary N) is 2. The van der Waals surface area contributed by atoms with Crippen LogP contribution in [-0.4, -0.2) is 11.8 Å². The van der Waals surface area contributed by atoms with Crippen molar-refractivity contribution in [3.8, 4) is 0 Å². The largest absolute Gasteiger partial charge is 0.341 e. The van der Waals surface area contributed by atoms with Gasteiger partial charge in [0.05, 0.1) is 6.04 Å². The van der Waals surface area contributed by atoms with Crippen molar-refractivity contribution in [2.75, 3.05) is 5.32 Å². The van der Waals surface area contributed by atoms with Gasteiger partial charge in [-0.05, 0) is 42.5 Å². The number of hydrogen-bond donors (Lipinski definition) is 2. The number of halogens is 5. The molecule has 2 amide bonds. The van der Waals surface area contributed by atoms with E-state index in [0.29, 0.717) is 21.7 Å². The van der Waals surface area contributed by atoms with Crippen molar-refractivity contribution in [1.82, 2.24) is 5.32 Å². The van der Waals surface area contributed by atoms with Crippen LogP contribution in [0.2, 0.25) is 5.02 Å². The second-order valence-electron chi connectivity index (χ2n) is 6.60. The predicted molar refractivity (Wildman–Crippen MR) is 109 cm³/mol. The molecule has 0 fully saturated rings. The molecule has 4 rings (SSSR count). The number of amides is 2. The first-order valence-electron chi connectivity index (χ1n) is 8.59. The molecule has 3 aromatic carbocycles. The lowest BCUT2D eigenvalue weighted by Crippen LogP contribution is -2.21. The van der Waals surface area contributed by atoms with Gasteiger partial charge in [-0.15, -0.1) is 0 Å². The number of rotatable bonds is 3. The van der Waals surface area contributed by atoms with E-state index in [0.717, 1.165) is 12.1 Å². The molecule has 1 aliphatic rings. The summed E-state index contributed by atoms with van der Waals surface area (Å²) in [5.74, 6) is -3.57. The Hall–Kier alpha value is -2.84. The summed E-state index contributed by atoms with van der Waals surface area (Å²) >= 11 is 9.49. The van der Waals surface area contributed by atoms with Crippen LogP contribution >= 0.6 is 27.5 Å². The smallest absolute Gasteiger partial charge is 0.255 e. The fraction of sp³-hybridized carbons (Fsp3) is 0.0476. The third-order valence-corrected chi connectivity index (χ3v) is 5.40. The molecule has 0 radical (unpaired) electrons. The van der Waals surface area contributed by atoms with E-state index < -0.39 is 35.3 Å². The molecule has 0 saturated heterocycles. The van der Waals surface area contributed by atoms with Crippen molar-refractivity contribution in [2.45, 2.75) is 6.04 Å². The van der Waals surface area contributed by atoms with Gasteiger partial charge in [0.25, 0.3) is 11.8 Å². The minimum atomic E-state index is -0.902. The fourth-order valence-corrected chi connectivity index (χ4v) is 4.03. The molecule has 4 nitrogen and oxygen atoms in total. The van der Waals surface area contributed by atoms with Gasteiger partial charge in [-0.25, -0.2) is 13.2 Å². The van der Waals surface area contributed by atoms with Crippen LogP contribution in [0.3, 0.4) is 0 Å². The first-order chi connectivity index (χ1) is 14.2. The van der Waals surface area contributed by atoms with Crippen LogP contribution in [-0.2, 0) is 0 Å². The normalized spacial score (nSPS) is 15.0. The molecule has 152 valence electrons. The summed E-state index contributed by atoms with van der Waals surface area (Å²) in [4.78, 5) is 25.1. The van der Waals surface area contributed by atoms with Crippen LogP contribution in [0, 0.1) is 17.5 Å². The van der Waals surface area contributed by atoms with Crippen molar-refractivity contribution in [1.29, 1.82) is 0 Å². The zero-order valence-electron chi connectivity index (χ0n) is 14.9. The van der Waals surface area contributed by atoms with Crippen molar-refractivity contribution in [2.24, 2.45) is 0 Å². The Bertz CT molecular complexity index is 1200. The number of anilines is 1. The van der Waals surface area contributed by atoms with Gasteiger partial charge in [0.2, 0.25) is 0 Å². The van der Waals surface area contributed by atoms with E-state index >= 15 is 0 Å². The van der Waals surface area contributed by atoms with Gasteiger partial charge in [-0.2, -0.15) is 0 Å². The van der Waals surface area contributed by atoms with Gasteiger partial charge in [-0.1, -0.05) is 27.5 Å². The second kappa shape index (κ2) is 7.77. The molecule has 0 aliphatic carbocycles. The van der Waals surface area contributed by atoms with Crippen LogP contribution in [0.15, 0.2) is 53.0 Å². The monoisotopic (exact) mass is 494 g/mol. The third-order valence-electron chi connectivity index (χ3n) is 4.60. The van der Waals surface area contributed by atoms with Gasteiger partial charge < -0.3 is 10.6 Å². The number of carbonyl (C=O) groups is 2. The molecule has 1 unspecified atom stereocenters. The number of hydrogen-bond acceptors (Lipinski definition) is 2. The van der Waals surface area contributed by atoms with Crippen LogP contribution in [0.25, 0.3) is 0 Å². The first kappa shape index (κ1) is 20.4. The lowest BCUT2D eigenvalue weighted by atomic mass is 9.96. The standard InChI is InChI=1S/C21H11BrClF3N2O2/c22-10-5-15-18(19(28-21(15)30)14-8-11(24)1-2-16(14)23)17(6-10)27-20(29)9-3-12(25)7-13(26)4-9/h1-8,19H,(H,27,29)(H,28,30). The molecule has 3 aromatic rings. The van der Waals surface area contributed by atoms with E-state index in [2.05, 4.69) is 26.6 Å². The minimum absolute atomic E-state index is 0.206. The highest BCUT2D eigenvalue weighted by Gasteiger charge is 2.34. The number of fused-ring (bicyclic) bond motifs is 1. The SMILES string of the molecule is O=C(Nc1cc(Br)cc2c1C(c1cc(F)ccc1Cl)NC2=O)c1cc(F)cc(F)c1. The number of carbonyl (C=O) groups excluding carboxylic acids is 2. The maximum atomic E-state index is 13.8. The summed E-state index contributed by atoms with van der Waals surface area (Å²) in [5, 5.41) is 5.52. The topological polar surface area (TPSA) is 58.2 Å². The van der Waals surface area contributed by atoms with Gasteiger partial charge in [-0.3, -0.25) is 9.59 Å². The molecule has 0 aromatic heterocycles. The van der Waals surface area contributed by atoms with Crippen LogP contribution < -0.4 is 10.6 Å². The molecule has 9 heteroatoms. The van der Waals surface area contributed by atoms with E-state index in [1.54, 1.807) is 6.07 Å². The van der Waals surface area contributed by atoms with E-state index in [1.807, 2.05) is 0 Å². The molecule has 1 aliphatic heterocycles. The molecular formula is C21H11BrClF3N2O2. The summed E-state index contributed by atoms with van der Waals surface area (Å²) in [6.07, 6.45) is 0. The first-order valence-corrected chi connectivity index (χ1v) is 9.76.